The summed E-state index contributed by atoms with van der Waals surface area (Å²) in [7, 11) is 1.45. The molecule has 0 spiro atoms. The van der Waals surface area contributed by atoms with Crippen LogP contribution in [-0.2, 0) is 19.1 Å². The Bertz CT molecular complexity index is 1130. The summed E-state index contributed by atoms with van der Waals surface area (Å²) in [6, 6.07) is 17.0. The van der Waals surface area contributed by atoms with Gasteiger partial charge in [-0.05, 0) is 31.0 Å². The molecule has 0 saturated carbocycles. The van der Waals surface area contributed by atoms with Gasteiger partial charge in [-0.1, -0.05) is 48.0 Å². The Kier molecular flexibility index (Phi) is 7.95. The number of hydrogen-bond acceptors (Lipinski definition) is 5. The Hall–Kier alpha value is -3.20. The van der Waals surface area contributed by atoms with Crippen LogP contribution in [-0.4, -0.2) is 65.8 Å². The molecular weight excluding hydrogens is 456 g/mol. The third kappa shape index (κ3) is 6.02. The average molecular weight is 483 g/mol. The number of rotatable bonds is 9. The van der Waals surface area contributed by atoms with Crippen molar-refractivity contribution in [1.29, 1.82) is 0 Å². The van der Waals surface area contributed by atoms with Gasteiger partial charge in [0.25, 0.3) is 0 Å². The molecule has 0 aliphatic carbocycles. The largest absolute Gasteiger partial charge is 0.376 e. The number of imidazole rings is 1. The molecule has 4 rings (SSSR count). The molecule has 0 bridgehead atoms. The summed E-state index contributed by atoms with van der Waals surface area (Å²) in [6.07, 6.45) is 3.57. The number of carbonyl (C=O) groups is 2. The van der Waals surface area contributed by atoms with Crippen LogP contribution in [0.15, 0.2) is 60.8 Å². The molecule has 34 heavy (non-hydrogen) atoms. The van der Waals surface area contributed by atoms with Crippen molar-refractivity contribution in [2.45, 2.75) is 18.9 Å². The number of hydrogen-bond donors (Lipinski definition) is 1. The molecular formula is C25H27ClN4O4. The van der Waals surface area contributed by atoms with Crippen LogP contribution >= 0.6 is 11.6 Å². The molecule has 1 fully saturated rings. The molecule has 1 aliphatic rings. The molecule has 2 aromatic carbocycles. The molecule has 2 heterocycles. The van der Waals surface area contributed by atoms with Gasteiger partial charge in [0, 0.05) is 42.7 Å². The third-order valence-electron chi connectivity index (χ3n) is 5.52. The number of benzene rings is 2. The number of nitrogens with one attached hydrogen (secondary N) is 1. The zero-order chi connectivity index (χ0) is 23.9. The summed E-state index contributed by atoms with van der Waals surface area (Å²) < 4.78 is 12.4. The molecule has 0 radical (unpaired) electrons. The first-order valence-electron chi connectivity index (χ1n) is 11.1. The minimum atomic E-state index is -0.365. The van der Waals surface area contributed by atoms with Gasteiger partial charge in [0.1, 0.15) is 13.2 Å². The van der Waals surface area contributed by atoms with Crippen molar-refractivity contribution in [3.05, 3.63) is 65.8 Å². The Labute approximate surface area is 203 Å². The van der Waals surface area contributed by atoms with Crippen LogP contribution in [0, 0.1) is 0 Å². The lowest BCUT2D eigenvalue weighted by molar-refractivity contribution is -0.139. The van der Waals surface area contributed by atoms with Crippen LogP contribution in [0.3, 0.4) is 0 Å². The monoisotopic (exact) mass is 482 g/mol. The van der Waals surface area contributed by atoms with Gasteiger partial charge in [-0.3, -0.25) is 19.5 Å². The smallest absolute Gasteiger partial charge is 0.249 e. The van der Waals surface area contributed by atoms with Gasteiger partial charge >= 0.3 is 0 Å². The molecule has 3 aromatic rings. The van der Waals surface area contributed by atoms with Gasteiger partial charge in [0.2, 0.25) is 17.8 Å². The second-order valence-corrected chi connectivity index (χ2v) is 8.49. The van der Waals surface area contributed by atoms with Crippen molar-refractivity contribution in [3.63, 3.8) is 0 Å². The molecule has 1 unspecified atom stereocenters. The lowest BCUT2D eigenvalue weighted by atomic mass is 10.2. The number of halogens is 1. The maximum Gasteiger partial charge on any atom is 0.249 e. The molecule has 9 heteroatoms. The Morgan fingerprint density at radius 3 is 2.76 bits per heavy atom. The summed E-state index contributed by atoms with van der Waals surface area (Å²) in [6.45, 7) is 0.774. The number of aromatic nitrogens is 2. The summed E-state index contributed by atoms with van der Waals surface area (Å²) in [4.78, 5) is 31.7. The second-order valence-electron chi connectivity index (χ2n) is 8.06. The van der Waals surface area contributed by atoms with Crippen molar-refractivity contribution in [2.75, 3.05) is 38.7 Å². The lowest BCUT2D eigenvalue weighted by Gasteiger charge is -2.24. The predicted octanol–water partition coefficient (Wildman–Crippen LogP) is 3.79. The minimum absolute atomic E-state index is 0.0771. The molecule has 1 aliphatic heterocycles. The van der Waals surface area contributed by atoms with Crippen LogP contribution in [0.25, 0.3) is 16.9 Å². The molecule has 1 saturated heterocycles. The summed E-state index contributed by atoms with van der Waals surface area (Å²) in [5.41, 5.74) is 2.36. The van der Waals surface area contributed by atoms with Crippen LogP contribution in [0.2, 0.25) is 5.02 Å². The fraction of sp³-hybridized carbons (Fsp3) is 0.320. The Balaban J connectivity index is 1.57. The number of amides is 2. The van der Waals surface area contributed by atoms with Gasteiger partial charge < -0.3 is 14.4 Å². The van der Waals surface area contributed by atoms with Crippen LogP contribution < -0.4 is 5.32 Å². The highest BCUT2D eigenvalue weighted by molar-refractivity contribution is 6.30. The highest BCUT2D eigenvalue weighted by atomic mass is 35.5. The standard InChI is InChI=1S/C25H27ClN4O4/c1-33-17-24(32)29(14-21-11-6-12-34-21)16-23(31)28-25-27-22(18-7-3-2-4-8-18)15-30(25)20-10-5-9-19(26)13-20/h2-5,7-10,13,15,21H,6,11-12,14,16-17H2,1H3,(H,27,28,31). The van der Waals surface area contributed by atoms with E-state index in [1.165, 1.54) is 12.0 Å². The van der Waals surface area contributed by atoms with Crippen molar-refractivity contribution >= 4 is 29.4 Å². The first-order chi connectivity index (χ1) is 16.5. The maximum absolute atomic E-state index is 13.0. The first-order valence-corrected chi connectivity index (χ1v) is 11.5. The van der Waals surface area contributed by atoms with Crippen molar-refractivity contribution < 1.29 is 19.1 Å². The zero-order valence-electron chi connectivity index (χ0n) is 18.9. The highest BCUT2D eigenvalue weighted by Gasteiger charge is 2.25. The third-order valence-corrected chi connectivity index (χ3v) is 5.75. The van der Waals surface area contributed by atoms with Crippen molar-refractivity contribution in [1.82, 2.24) is 14.5 Å². The van der Waals surface area contributed by atoms with Crippen LogP contribution in [0.1, 0.15) is 12.8 Å². The number of ether oxygens (including phenoxy) is 2. The number of carbonyl (C=O) groups excluding carboxylic acids is 2. The van der Waals surface area contributed by atoms with E-state index in [0.29, 0.717) is 29.8 Å². The topological polar surface area (TPSA) is 85.7 Å². The van der Waals surface area contributed by atoms with Gasteiger partial charge in [0.05, 0.1) is 11.8 Å². The summed E-state index contributed by atoms with van der Waals surface area (Å²) in [5.74, 6) is -0.297. The van der Waals surface area contributed by atoms with Gasteiger partial charge in [-0.25, -0.2) is 4.98 Å². The summed E-state index contributed by atoms with van der Waals surface area (Å²) in [5, 5.41) is 3.43. The Morgan fingerprint density at radius 2 is 2.06 bits per heavy atom. The van der Waals surface area contributed by atoms with Gasteiger partial charge in [-0.15, -0.1) is 0 Å². The molecule has 2 amide bonds. The van der Waals surface area contributed by atoms with Gasteiger partial charge in [0.15, 0.2) is 0 Å². The second kappa shape index (κ2) is 11.3. The average Bonchev–Trinajstić information content (AvgIpc) is 3.49. The van der Waals surface area contributed by atoms with E-state index < -0.39 is 0 Å². The van der Waals surface area contributed by atoms with Crippen LogP contribution in [0.4, 0.5) is 5.95 Å². The maximum atomic E-state index is 13.0. The first kappa shape index (κ1) is 23.9. The van der Waals surface area contributed by atoms with E-state index in [1.54, 1.807) is 16.7 Å². The normalized spacial score (nSPS) is 15.3. The quantitative estimate of drug-likeness (QED) is 0.501. The van der Waals surface area contributed by atoms with E-state index in [4.69, 9.17) is 21.1 Å². The number of nitrogens with zero attached hydrogens (tertiary/aromatic N) is 3. The minimum Gasteiger partial charge on any atom is -0.376 e. The Morgan fingerprint density at radius 1 is 1.24 bits per heavy atom. The van der Waals surface area contributed by atoms with Gasteiger partial charge in [-0.2, -0.15) is 0 Å². The molecule has 8 nitrogen and oxygen atoms in total. The van der Waals surface area contributed by atoms with E-state index in [0.717, 1.165) is 24.1 Å². The number of methoxy groups -OCH3 is 1. The van der Waals surface area contributed by atoms with E-state index in [-0.39, 0.29) is 31.1 Å². The molecule has 178 valence electrons. The lowest BCUT2D eigenvalue weighted by Crippen LogP contribution is -2.44. The van der Waals surface area contributed by atoms with E-state index in [1.807, 2.05) is 48.7 Å². The van der Waals surface area contributed by atoms with E-state index >= 15 is 0 Å². The van der Waals surface area contributed by atoms with Crippen molar-refractivity contribution in [3.8, 4) is 16.9 Å². The van der Waals surface area contributed by atoms with E-state index in [2.05, 4.69) is 10.3 Å². The SMILES string of the molecule is COCC(=O)N(CC(=O)Nc1nc(-c2ccccc2)cn1-c1cccc(Cl)c1)CC1CCCO1. The van der Waals surface area contributed by atoms with Crippen LogP contribution in [0.5, 0.6) is 0 Å². The highest BCUT2D eigenvalue weighted by Crippen LogP contribution is 2.25. The summed E-state index contributed by atoms with van der Waals surface area (Å²) >= 11 is 6.20. The van der Waals surface area contributed by atoms with E-state index in [9.17, 15) is 9.59 Å². The fourth-order valence-electron chi connectivity index (χ4n) is 3.88. The fourth-order valence-corrected chi connectivity index (χ4v) is 4.06. The van der Waals surface area contributed by atoms with Crippen molar-refractivity contribution in [2.24, 2.45) is 0 Å². The molecule has 1 atom stereocenters. The molecule has 1 aromatic heterocycles. The predicted molar refractivity (Wildman–Crippen MR) is 130 cm³/mol. The number of anilines is 1. The zero-order valence-corrected chi connectivity index (χ0v) is 19.7. The molecule has 1 N–H and O–H groups in total.